The lowest BCUT2D eigenvalue weighted by molar-refractivity contribution is -0.383. The van der Waals surface area contributed by atoms with Crippen molar-refractivity contribution < 1.29 is 74.0 Å². The van der Waals surface area contributed by atoms with Crippen molar-refractivity contribution in [2.75, 3.05) is 60.4 Å². The van der Waals surface area contributed by atoms with Gasteiger partial charge in [0.05, 0.1) is 55.0 Å². The maximum Gasteiger partial charge on any atom is 0.469 e. The molecule has 382 valence electrons. The third-order valence-corrected chi connectivity index (χ3v) is 16.5. The molecule has 2 unspecified atom stereocenters. The second-order valence-electron chi connectivity index (χ2n) is 16.0. The van der Waals surface area contributed by atoms with Gasteiger partial charge in [-0.25, -0.2) is 35.4 Å². The van der Waals surface area contributed by atoms with Gasteiger partial charge in [0.2, 0.25) is 20.0 Å². The number of sulfonamides is 2. The summed E-state index contributed by atoms with van der Waals surface area (Å²) in [4.78, 5) is 88.5. The van der Waals surface area contributed by atoms with Crippen molar-refractivity contribution in [1.82, 2.24) is 9.44 Å². The minimum absolute atomic E-state index is 0.00805. The van der Waals surface area contributed by atoms with E-state index in [9.17, 15) is 55.8 Å². The van der Waals surface area contributed by atoms with Crippen molar-refractivity contribution in [2.45, 2.75) is 21.6 Å². The van der Waals surface area contributed by atoms with Crippen LogP contribution in [-0.4, -0.2) is 109 Å². The zero-order valence-electron chi connectivity index (χ0n) is 36.8. The Balaban J connectivity index is 1.10. The molecule has 0 bridgehead atoms. The Bertz CT molecular complexity index is 3230. The Morgan fingerprint density at radius 3 is 1.50 bits per heavy atom. The largest absolute Gasteiger partial charge is 0.469 e. The molecule has 5 aromatic rings. The maximum atomic E-state index is 13.9. The molecule has 72 heavy (non-hydrogen) atoms. The fourth-order valence-corrected chi connectivity index (χ4v) is 11.9. The van der Waals surface area contributed by atoms with Crippen LogP contribution in [0.1, 0.15) is 34.1 Å². The zero-order valence-corrected chi connectivity index (χ0v) is 42.6. The van der Waals surface area contributed by atoms with Gasteiger partial charge in [-0.1, -0.05) is 46.3 Å². The topological polar surface area (TPSA) is 353 Å². The highest BCUT2D eigenvalue weighted by Crippen LogP contribution is 2.48. The molecule has 2 atom stereocenters. The lowest BCUT2D eigenvalue weighted by atomic mass is 9.95. The van der Waals surface area contributed by atoms with Crippen LogP contribution in [0.5, 0.6) is 0 Å². The second-order valence-corrected chi connectivity index (χ2v) is 22.9. The summed E-state index contributed by atoms with van der Waals surface area (Å²) in [7, 11) is -18.4. The first-order valence-electron chi connectivity index (χ1n) is 20.9. The van der Waals surface area contributed by atoms with Gasteiger partial charge < -0.3 is 29.4 Å². The van der Waals surface area contributed by atoms with Gasteiger partial charge in [-0.05, 0) is 75.5 Å². The first-order chi connectivity index (χ1) is 33.8. The number of carbonyl (C=O) groups is 2. The Morgan fingerprint density at radius 2 is 1.11 bits per heavy atom. The molecule has 6 N–H and O–H groups in total. The normalized spacial score (nSPS) is 16.3. The third-order valence-electron chi connectivity index (χ3n) is 11.4. The van der Waals surface area contributed by atoms with E-state index in [-0.39, 0.29) is 62.2 Å². The standard InChI is InChI=1S/C42H40BrClN6O18P2S2/c43-21-27-23-47(37-19-35(49(53)54)33-17-29(6-8-31(33)41(27)37)71(63,64)45-12-14-67-69(57,58)59)39(51)10-4-25-2-1-3-26(16-25)5-11-40(52)48-24-28(22-44)42-32-9-7-30(18-34(32)36(50(55)56)20-38(42)48)72(65,66)46-13-15-68-70(60,61)62/h1-11,16-20,27-28,45-46H,12-15,21-24H2,(H2,57,58,59)(H2,60,61,62). The number of nitrogens with one attached hydrogen (secondary N) is 2. The average molecular weight is 1160 g/mol. The summed E-state index contributed by atoms with van der Waals surface area (Å²) in [6, 6.07) is 16.4. The van der Waals surface area contributed by atoms with Gasteiger partial charge in [0.25, 0.3) is 23.2 Å². The first-order valence-corrected chi connectivity index (χ1v) is 28.6. The zero-order chi connectivity index (χ0) is 52.5. The molecule has 2 aliphatic heterocycles. The number of hydrogen-bond donors (Lipinski definition) is 6. The molecule has 2 aliphatic rings. The molecule has 0 aliphatic carbocycles. The third kappa shape index (κ3) is 12.2. The van der Waals surface area contributed by atoms with Gasteiger partial charge in [0.15, 0.2) is 0 Å². The van der Waals surface area contributed by atoms with Crippen LogP contribution in [0.3, 0.4) is 0 Å². The van der Waals surface area contributed by atoms with Crippen LogP contribution in [0.15, 0.2) is 94.7 Å². The van der Waals surface area contributed by atoms with Crippen LogP contribution in [0.4, 0.5) is 22.7 Å². The van der Waals surface area contributed by atoms with Crippen LogP contribution in [-0.2, 0) is 47.8 Å². The van der Waals surface area contributed by atoms with Crippen molar-refractivity contribution in [1.29, 1.82) is 0 Å². The number of nitrogens with zero attached hydrogens (tertiary/aromatic N) is 4. The first kappa shape index (κ1) is 54.4. The van der Waals surface area contributed by atoms with Gasteiger partial charge in [0.1, 0.15) is 0 Å². The summed E-state index contributed by atoms with van der Waals surface area (Å²) >= 11 is 9.83. The maximum absolute atomic E-state index is 13.9. The molecule has 0 radical (unpaired) electrons. The van der Waals surface area contributed by atoms with Gasteiger partial charge in [-0.3, -0.25) is 38.9 Å². The van der Waals surface area contributed by atoms with Crippen LogP contribution in [0.25, 0.3) is 33.7 Å². The number of carbonyl (C=O) groups excluding carboxylic acids is 2. The van der Waals surface area contributed by atoms with Gasteiger partial charge in [-0.15, -0.1) is 11.6 Å². The Morgan fingerprint density at radius 1 is 0.694 bits per heavy atom. The number of nitro groups is 2. The lowest BCUT2D eigenvalue weighted by Crippen LogP contribution is -2.28. The minimum Gasteiger partial charge on any atom is -0.308 e. The van der Waals surface area contributed by atoms with E-state index in [0.29, 0.717) is 33.0 Å². The van der Waals surface area contributed by atoms with Crippen molar-refractivity contribution >= 4 is 131 Å². The number of fused-ring (bicyclic) bond motifs is 6. The summed E-state index contributed by atoms with van der Waals surface area (Å²) in [5, 5.41) is 25.6. The summed E-state index contributed by atoms with van der Waals surface area (Å²) < 4.78 is 86.8. The molecule has 0 spiro atoms. The van der Waals surface area contributed by atoms with E-state index in [1.807, 2.05) is 0 Å². The van der Waals surface area contributed by atoms with E-state index < -0.39 is 101 Å². The number of amides is 2. The number of phosphoric ester groups is 2. The van der Waals surface area contributed by atoms with Crippen LogP contribution < -0.4 is 19.2 Å². The number of rotatable bonds is 20. The highest BCUT2D eigenvalue weighted by molar-refractivity contribution is 9.09. The van der Waals surface area contributed by atoms with E-state index in [2.05, 4.69) is 34.4 Å². The Labute approximate surface area is 422 Å². The number of nitro benzene ring substituents is 2. The summed E-state index contributed by atoms with van der Waals surface area (Å²) in [5.41, 5.74) is 1.51. The second kappa shape index (κ2) is 21.6. The van der Waals surface area contributed by atoms with E-state index in [4.69, 9.17) is 31.2 Å². The fourth-order valence-electron chi connectivity index (χ4n) is 8.35. The number of non-ortho nitro benzene ring substituents is 2. The smallest absolute Gasteiger partial charge is 0.308 e. The van der Waals surface area contributed by atoms with Gasteiger partial charge in [-0.2, -0.15) is 0 Å². The van der Waals surface area contributed by atoms with Crippen LogP contribution >= 0.6 is 43.2 Å². The molecule has 7 rings (SSSR count). The highest BCUT2D eigenvalue weighted by atomic mass is 79.9. The molecule has 0 aromatic heterocycles. The van der Waals surface area contributed by atoms with Crippen LogP contribution in [0, 0.1) is 20.2 Å². The summed E-state index contributed by atoms with van der Waals surface area (Å²) in [5.74, 6) is -2.00. The van der Waals surface area contributed by atoms with Crippen LogP contribution in [0.2, 0.25) is 0 Å². The SMILES string of the molecule is O=C(C=Cc1cccc(C=CC(=O)N2CC(CBr)c3c2cc([N+](=O)[O-])c2cc(S(=O)(=O)NCCOP(=O)(O)O)ccc32)c1)N1CC(CCl)c2c1cc([N+](=O)[O-])c1cc(S(=O)(=O)NCCOP(=O)(O)O)ccc21. The molecule has 0 saturated carbocycles. The Kier molecular flexibility index (Phi) is 16.3. The predicted molar refractivity (Wildman–Crippen MR) is 267 cm³/mol. The summed E-state index contributed by atoms with van der Waals surface area (Å²) in [6.07, 6.45) is 5.52. The molecule has 24 nitrogen and oxygen atoms in total. The molecular formula is C42H40BrClN6O18P2S2. The molecule has 0 saturated heterocycles. The van der Waals surface area contributed by atoms with Crippen molar-refractivity contribution in [3.63, 3.8) is 0 Å². The van der Waals surface area contributed by atoms with E-state index >= 15 is 0 Å². The van der Waals surface area contributed by atoms with Gasteiger partial charge >= 0.3 is 15.6 Å². The minimum atomic E-state index is -4.86. The molecule has 0 fully saturated rings. The number of halogens is 2. The molecule has 30 heteroatoms. The average Bonchev–Trinajstić information content (AvgIpc) is 3.90. The van der Waals surface area contributed by atoms with E-state index in [1.165, 1.54) is 70.5 Å². The number of phosphoric acid groups is 2. The predicted octanol–water partition coefficient (Wildman–Crippen LogP) is 5.51. The molecule has 5 aromatic carbocycles. The number of alkyl halides is 2. The van der Waals surface area contributed by atoms with Crippen molar-refractivity contribution in [3.05, 3.63) is 127 Å². The fraction of sp³-hybridized carbons (Fsp3) is 0.238. The highest BCUT2D eigenvalue weighted by Gasteiger charge is 2.38. The van der Waals surface area contributed by atoms with E-state index in [1.54, 1.807) is 24.3 Å². The monoisotopic (exact) mass is 1160 g/mol. The van der Waals surface area contributed by atoms with Crippen molar-refractivity contribution in [2.24, 2.45) is 0 Å². The molecule has 2 amide bonds. The van der Waals surface area contributed by atoms with Crippen molar-refractivity contribution in [3.8, 4) is 0 Å². The Hall–Kier alpha value is -5.35. The summed E-state index contributed by atoms with van der Waals surface area (Å²) in [6.45, 7) is -2.20. The van der Waals surface area contributed by atoms with E-state index in [0.717, 1.165) is 12.1 Å². The number of benzene rings is 5. The lowest BCUT2D eigenvalue weighted by Gasteiger charge is -2.16. The molecule has 2 heterocycles. The number of hydrogen-bond acceptors (Lipinski definition) is 14. The van der Waals surface area contributed by atoms with Gasteiger partial charge in [0, 0.05) is 73.5 Å². The quantitative estimate of drug-likeness (QED) is 0.0140. The number of anilines is 2. The molecular weight excluding hydrogens is 1120 g/mol.